The van der Waals surface area contributed by atoms with E-state index in [1.54, 1.807) is 0 Å². The molecule has 5 rings (SSSR count). The molecule has 1 atom stereocenters. The van der Waals surface area contributed by atoms with Crippen molar-refractivity contribution in [2.24, 2.45) is 29.6 Å². The van der Waals surface area contributed by atoms with Gasteiger partial charge in [-0.25, -0.2) is 0 Å². The minimum absolute atomic E-state index is 0.209. The summed E-state index contributed by atoms with van der Waals surface area (Å²) in [6.07, 6.45) is 7.60. The van der Waals surface area contributed by atoms with Gasteiger partial charge >= 0.3 is 0 Å². The molecule has 0 aliphatic heterocycles. The van der Waals surface area contributed by atoms with Crippen molar-refractivity contribution in [3.63, 3.8) is 0 Å². The minimum Gasteiger partial charge on any atom is -0.353 e. The van der Waals surface area contributed by atoms with Crippen LogP contribution in [0.25, 0.3) is 0 Å². The van der Waals surface area contributed by atoms with Gasteiger partial charge in [0.05, 0.1) is 0 Å². The molecule has 0 heterocycles. The van der Waals surface area contributed by atoms with Crippen molar-refractivity contribution in [3.8, 4) is 0 Å². The van der Waals surface area contributed by atoms with E-state index in [0.717, 1.165) is 22.7 Å². The van der Waals surface area contributed by atoms with Crippen LogP contribution in [0.15, 0.2) is 28.7 Å². The molecule has 1 N–H and O–H groups in total. The topological polar surface area (TPSA) is 29.1 Å². The molecule has 0 spiro atoms. The van der Waals surface area contributed by atoms with Crippen LogP contribution in [0, 0.1) is 29.6 Å². The molecule has 23 heavy (non-hydrogen) atoms. The van der Waals surface area contributed by atoms with Crippen LogP contribution in [0.3, 0.4) is 0 Å². The Balaban J connectivity index is 1.37. The standard InChI is InChI=1S/C20H26BrNO/c1-12(6-13-2-4-18(21)5-3-13)22-20(23)19-16-8-14-7-15(10-16)11-17(19)9-14/h2-5,12,14-17,19H,6-11H2,1H3,(H,22,23). The highest BCUT2D eigenvalue weighted by molar-refractivity contribution is 9.10. The average molecular weight is 376 g/mol. The molecule has 124 valence electrons. The Hall–Kier alpha value is -0.830. The third kappa shape index (κ3) is 3.22. The SMILES string of the molecule is CC(Cc1ccc(Br)cc1)NC(=O)C1C2CC3CC(C2)CC1C3. The molecule has 4 fully saturated rings. The number of amides is 1. The molecule has 3 heteroatoms. The molecule has 1 aromatic carbocycles. The summed E-state index contributed by atoms with van der Waals surface area (Å²) >= 11 is 3.47. The highest BCUT2D eigenvalue weighted by Gasteiger charge is 2.50. The maximum absolute atomic E-state index is 12.9. The Morgan fingerprint density at radius 3 is 2.22 bits per heavy atom. The van der Waals surface area contributed by atoms with Crippen LogP contribution in [0.5, 0.6) is 0 Å². The second kappa shape index (κ2) is 6.23. The Bertz CT molecular complexity index is 554. The quantitative estimate of drug-likeness (QED) is 0.820. The summed E-state index contributed by atoms with van der Waals surface area (Å²) < 4.78 is 1.10. The van der Waals surface area contributed by atoms with Crippen molar-refractivity contribution in [1.82, 2.24) is 5.32 Å². The van der Waals surface area contributed by atoms with E-state index in [1.165, 1.54) is 37.7 Å². The van der Waals surface area contributed by atoms with E-state index in [1.807, 2.05) is 0 Å². The van der Waals surface area contributed by atoms with Crippen molar-refractivity contribution in [2.75, 3.05) is 0 Å². The summed E-state index contributed by atoms with van der Waals surface area (Å²) in [7, 11) is 0. The number of benzene rings is 1. The van der Waals surface area contributed by atoms with Gasteiger partial charge < -0.3 is 5.32 Å². The van der Waals surface area contributed by atoms with Crippen LogP contribution in [-0.4, -0.2) is 11.9 Å². The second-order valence-corrected chi connectivity index (χ2v) is 9.11. The number of rotatable bonds is 4. The summed E-state index contributed by atoms with van der Waals surface area (Å²) in [5, 5.41) is 3.32. The van der Waals surface area contributed by atoms with Crippen molar-refractivity contribution >= 4 is 21.8 Å². The summed E-state index contributed by atoms with van der Waals surface area (Å²) in [4.78, 5) is 12.9. The lowest BCUT2D eigenvalue weighted by Gasteiger charge is -2.53. The average Bonchev–Trinajstić information content (AvgIpc) is 2.48. The number of nitrogens with one attached hydrogen (secondary N) is 1. The van der Waals surface area contributed by atoms with E-state index in [4.69, 9.17) is 0 Å². The number of hydrogen-bond acceptors (Lipinski definition) is 1. The summed E-state index contributed by atoms with van der Waals surface area (Å²) in [6, 6.07) is 8.62. The molecule has 4 saturated carbocycles. The fourth-order valence-corrected chi connectivity index (χ4v) is 5.98. The third-order valence-corrected chi connectivity index (χ3v) is 6.90. The predicted molar refractivity (Wildman–Crippen MR) is 96.0 cm³/mol. The number of hydrogen-bond donors (Lipinski definition) is 1. The van der Waals surface area contributed by atoms with Crippen LogP contribution in [-0.2, 0) is 11.2 Å². The van der Waals surface area contributed by atoms with Crippen LogP contribution in [0.1, 0.15) is 44.6 Å². The molecule has 1 unspecified atom stereocenters. The van der Waals surface area contributed by atoms with E-state index in [9.17, 15) is 4.79 Å². The zero-order valence-electron chi connectivity index (χ0n) is 13.8. The van der Waals surface area contributed by atoms with Gasteiger partial charge in [-0.2, -0.15) is 0 Å². The summed E-state index contributed by atoms with van der Waals surface area (Å²) in [5.41, 5.74) is 1.28. The molecule has 0 saturated heterocycles. The predicted octanol–water partition coefficient (Wildman–Crippen LogP) is 4.57. The first-order chi connectivity index (χ1) is 11.1. The summed E-state index contributed by atoms with van der Waals surface area (Å²) in [6.45, 7) is 2.13. The first-order valence-corrected chi connectivity index (χ1v) is 9.92. The Morgan fingerprint density at radius 2 is 1.65 bits per heavy atom. The highest BCUT2D eigenvalue weighted by atomic mass is 79.9. The van der Waals surface area contributed by atoms with Gasteiger partial charge in [0.15, 0.2) is 0 Å². The van der Waals surface area contributed by atoms with Crippen LogP contribution >= 0.6 is 15.9 Å². The zero-order valence-corrected chi connectivity index (χ0v) is 15.4. The smallest absolute Gasteiger partial charge is 0.223 e. The fraction of sp³-hybridized carbons (Fsp3) is 0.650. The largest absolute Gasteiger partial charge is 0.353 e. The van der Waals surface area contributed by atoms with Crippen molar-refractivity contribution in [2.45, 2.75) is 51.5 Å². The molecule has 1 aromatic rings. The number of halogens is 1. The molecule has 4 aliphatic carbocycles. The van der Waals surface area contributed by atoms with Crippen LogP contribution in [0.2, 0.25) is 0 Å². The Morgan fingerprint density at radius 1 is 1.09 bits per heavy atom. The maximum atomic E-state index is 12.9. The maximum Gasteiger partial charge on any atom is 0.223 e. The summed E-state index contributed by atoms with van der Waals surface area (Å²) in [5.74, 6) is 3.85. The zero-order chi connectivity index (χ0) is 16.0. The van der Waals surface area contributed by atoms with Gasteiger partial charge in [0, 0.05) is 16.4 Å². The van der Waals surface area contributed by atoms with E-state index in [0.29, 0.717) is 23.7 Å². The first-order valence-electron chi connectivity index (χ1n) is 9.13. The van der Waals surface area contributed by atoms with E-state index >= 15 is 0 Å². The van der Waals surface area contributed by atoms with Crippen LogP contribution < -0.4 is 5.32 Å². The normalized spacial score (nSPS) is 36.0. The lowest BCUT2D eigenvalue weighted by atomic mass is 9.51. The molecular formula is C20H26BrNO. The highest BCUT2D eigenvalue weighted by Crippen LogP contribution is 2.56. The van der Waals surface area contributed by atoms with Crippen molar-refractivity contribution in [1.29, 1.82) is 0 Å². The minimum atomic E-state index is 0.209. The van der Waals surface area contributed by atoms with E-state index < -0.39 is 0 Å². The van der Waals surface area contributed by atoms with E-state index in [2.05, 4.69) is 52.4 Å². The van der Waals surface area contributed by atoms with Crippen molar-refractivity contribution in [3.05, 3.63) is 34.3 Å². The lowest BCUT2D eigenvalue weighted by molar-refractivity contribution is -0.138. The molecule has 2 nitrogen and oxygen atoms in total. The van der Waals surface area contributed by atoms with Gasteiger partial charge in [0.2, 0.25) is 5.91 Å². The Kier molecular flexibility index (Phi) is 4.25. The second-order valence-electron chi connectivity index (χ2n) is 8.20. The number of carbonyl (C=O) groups is 1. The molecule has 1 amide bonds. The van der Waals surface area contributed by atoms with Gasteiger partial charge in [-0.15, -0.1) is 0 Å². The van der Waals surface area contributed by atoms with Gasteiger partial charge in [-0.1, -0.05) is 28.1 Å². The molecule has 4 bridgehead atoms. The molecular weight excluding hydrogens is 350 g/mol. The van der Waals surface area contributed by atoms with Gasteiger partial charge in [0.1, 0.15) is 0 Å². The first kappa shape index (κ1) is 15.7. The van der Waals surface area contributed by atoms with Gasteiger partial charge in [0.25, 0.3) is 0 Å². The number of carbonyl (C=O) groups excluding carboxylic acids is 1. The van der Waals surface area contributed by atoms with Crippen LogP contribution in [0.4, 0.5) is 0 Å². The van der Waals surface area contributed by atoms with Crippen molar-refractivity contribution < 1.29 is 4.79 Å². The monoisotopic (exact) mass is 375 g/mol. The van der Waals surface area contributed by atoms with Gasteiger partial charge in [-0.05, 0) is 86.8 Å². The Labute approximate surface area is 147 Å². The fourth-order valence-electron chi connectivity index (χ4n) is 5.72. The lowest BCUT2D eigenvalue weighted by Crippen LogP contribution is -2.52. The molecule has 0 aromatic heterocycles. The van der Waals surface area contributed by atoms with Gasteiger partial charge in [-0.3, -0.25) is 4.79 Å². The third-order valence-electron chi connectivity index (χ3n) is 6.37. The molecule has 4 aliphatic rings. The molecule has 0 radical (unpaired) electrons. The van der Waals surface area contributed by atoms with E-state index in [-0.39, 0.29) is 6.04 Å².